The van der Waals surface area contributed by atoms with Crippen molar-refractivity contribution in [1.82, 2.24) is 30.0 Å². The number of nitrogens with two attached hydrogens (primary N) is 1. The van der Waals surface area contributed by atoms with E-state index in [0.717, 1.165) is 5.56 Å². The van der Waals surface area contributed by atoms with Crippen molar-refractivity contribution >= 4 is 74.7 Å². The van der Waals surface area contributed by atoms with E-state index >= 15 is 4.39 Å². The van der Waals surface area contributed by atoms with E-state index in [2.05, 4.69) is 15.6 Å². The molecule has 5 N–H and O–H groups in total. The van der Waals surface area contributed by atoms with Gasteiger partial charge in [0, 0.05) is 82.2 Å². The summed E-state index contributed by atoms with van der Waals surface area (Å²) in [5.74, 6) is -0.912. The first-order chi connectivity index (χ1) is 31.9. The number of halogens is 2. The van der Waals surface area contributed by atoms with Crippen molar-refractivity contribution in [2.45, 2.75) is 31.8 Å². The van der Waals surface area contributed by atoms with E-state index in [1.807, 2.05) is 29.2 Å². The van der Waals surface area contributed by atoms with E-state index in [-0.39, 0.29) is 91.3 Å². The van der Waals surface area contributed by atoms with E-state index < -0.39 is 23.8 Å². The Morgan fingerprint density at radius 2 is 1.71 bits per heavy atom. The molecule has 0 aliphatic carbocycles. The van der Waals surface area contributed by atoms with Crippen LogP contribution in [-0.4, -0.2) is 145 Å². The van der Waals surface area contributed by atoms with Gasteiger partial charge in [-0.05, 0) is 64.7 Å². The van der Waals surface area contributed by atoms with Gasteiger partial charge in [0.2, 0.25) is 23.7 Å². The number of phenols is 1. The quantitative estimate of drug-likeness (QED) is 0.0757. The molecule has 4 aromatic carbocycles. The van der Waals surface area contributed by atoms with Crippen LogP contribution >= 0.6 is 11.6 Å². The predicted octanol–water partition coefficient (Wildman–Crippen LogP) is 4.28. The average molecular weight is 926 g/mol. The Balaban J connectivity index is 0.804. The molecule has 0 spiro atoms. The highest BCUT2D eigenvalue weighted by Crippen LogP contribution is 2.42. The summed E-state index contributed by atoms with van der Waals surface area (Å²) >= 11 is 6.83. The molecule has 3 aliphatic rings. The zero-order valence-electron chi connectivity index (χ0n) is 36.2. The van der Waals surface area contributed by atoms with Crippen LogP contribution in [0.15, 0.2) is 60.7 Å². The molecule has 8 rings (SSSR count). The summed E-state index contributed by atoms with van der Waals surface area (Å²) in [7, 11) is 1.67. The summed E-state index contributed by atoms with van der Waals surface area (Å²) in [6.07, 6.45) is 0.561. The third-order valence-corrected chi connectivity index (χ3v) is 12.1. The Bertz CT molecular complexity index is 2700. The number of aromatic nitrogens is 2. The van der Waals surface area contributed by atoms with Crippen LogP contribution in [0, 0.1) is 5.82 Å². The Labute approximate surface area is 383 Å². The van der Waals surface area contributed by atoms with Gasteiger partial charge in [0.15, 0.2) is 5.82 Å². The molecular weight excluding hydrogens is 877 g/mol. The number of piperazine rings is 1. The first-order valence-electron chi connectivity index (χ1n) is 21.6. The fourth-order valence-electron chi connectivity index (χ4n) is 8.37. The zero-order valence-corrected chi connectivity index (χ0v) is 36.9. The number of primary amides is 1. The molecule has 3 aliphatic heterocycles. The lowest BCUT2D eigenvalue weighted by molar-refractivity contribution is -0.137. The standard InChI is InChI=1S/C46H49ClFN9O9/c1-54(16-17-64-18-19-65-20-21-66-30-6-7-32-28(23-30)26-57(44(32)62)36-8-9-37(59)51-43(36)61)38(60)10-11-50-46-52-41-34(42(53-46)55-12-14-56(15-13-55)45(49)63)25-35(47)39(40(41)48)33-24-29(58)22-27-4-2-3-5-31(27)33/h2-7,22-25,36,58H,8-21,26H2,1H3,(H2,49,63)(H,50,52,53)(H,51,59,61). The van der Waals surface area contributed by atoms with Crippen molar-refractivity contribution in [1.29, 1.82) is 0 Å². The van der Waals surface area contributed by atoms with Crippen LogP contribution < -0.4 is 26.0 Å². The van der Waals surface area contributed by atoms with E-state index in [1.165, 1.54) is 15.9 Å². The summed E-state index contributed by atoms with van der Waals surface area (Å²) in [4.78, 5) is 77.5. The van der Waals surface area contributed by atoms with Crippen molar-refractivity contribution in [2.24, 2.45) is 5.73 Å². The molecule has 1 atom stereocenters. The summed E-state index contributed by atoms with van der Waals surface area (Å²) in [5, 5.41) is 17.8. The SMILES string of the molecule is CN(CCOCCOCCOc1ccc2c(c1)CN(C1CCC(=O)NC1=O)C2=O)C(=O)CCNc1nc(N2CCN(C(N)=O)CC2)c2cc(Cl)c(-c3cc(O)cc4ccccc34)c(F)c2n1. The fourth-order valence-corrected chi connectivity index (χ4v) is 8.66. The number of ether oxygens (including phenoxy) is 3. The molecule has 1 unspecified atom stereocenters. The molecule has 2 fully saturated rings. The number of carbonyl (C=O) groups is 5. The van der Waals surface area contributed by atoms with Gasteiger partial charge in [-0.25, -0.2) is 14.2 Å². The highest BCUT2D eigenvalue weighted by molar-refractivity contribution is 6.35. The van der Waals surface area contributed by atoms with Gasteiger partial charge in [-0.15, -0.1) is 0 Å². The highest BCUT2D eigenvalue weighted by atomic mass is 35.5. The minimum Gasteiger partial charge on any atom is -0.508 e. The van der Waals surface area contributed by atoms with Crippen LogP contribution in [0.1, 0.15) is 35.2 Å². The molecule has 0 bridgehead atoms. The lowest BCUT2D eigenvalue weighted by Gasteiger charge is -2.35. The number of imide groups is 1. The van der Waals surface area contributed by atoms with E-state index in [9.17, 15) is 29.1 Å². The first kappa shape index (κ1) is 45.7. The average Bonchev–Trinajstić information content (AvgIpc) is 3.62. The Hall–Kier alpha value is -6.83. The highest BCUT2D eigenvalue weighted by Gasteiger charge is 2.39. The second-order valence-electron chi connectivity index (χ2n) is 16.1. The third kappa shape index (κ3) is 10.0. The number of phenolic OH excluding ortho intramolecular Hbond substituents is 1. The van der Waals surface area contributed by atoms with Gasteiger partial charge >= 0.3 is 6.03 Å². The van der Waals surface area contributed by atoms with Crippen molar-refractivity contribution < 1.29 is 47.7 Å². The predicted molar refractivity (Wildman–Crippen MR) is 243 cm³/mol. The van der Waals surface area contributed by atoms with Gasteiger partial charge in [0.05, 0.1) is 31.5 Å². The molecule has 6 amide bonds. The van der Waals surface area contributed by atoms with Gasteiger partial charge in [0.25, 0.3) is 5.91 Å². The largest absolute Gasteiger partial charge is 0.508 e. The summed E-state index contributed by atoms with van der Waals surface area (Å²) < 4.78 is 34.0. The molecule has 4 heterocycles. The number of benzene rings is 4. The first-order valence-corrected chi connectivity index (χ1v) is 22.0. The molecule has 5 aromatic rings. The minimum absolute atomic E-state index is 0.0110. The number of piperidine rings is 1. The second kappa shape index (κ2) is 20.1. The van der Waals surface area contributed by atoms with Gasteiger partial charge in [-0.1, -0.05) is 35.9 Å². The number of carbonyl (C=O) groups excluding carboxylic acids is 5. The van der Waals surface area contributed by atoms with E-state index in [4.69, 9.17) is 36.5 Å². The Morgan fingerprint density at radius 1 is 0.955 bits per heavy atom. The number of nitrogens with zero attached hydrogens (tertiary/aromatic N) is 6. The van der Waals surface area contributed by atoms with Crippen LogP contribution in [0.2, 0.25) is 5.02 Å². The van der Waals surface area contributed by atoms with Gasteiger partial charge in [-0.2, -0.15) is 4.98 Å². The summed E-state index contributed by atoms with van der Waals surface area (Å²) in [6.45, 7) is 3.56. The maximum absolute atomic E-state index is 16.9. The number of likely N-dealkylation sites (N-methyl/N-ethyl adjacent to an activating group) is 1. The van der Waals surface area contributed by atoms with Crippen LogP contribution in [0.25, 0.3) is 32.8 Å². The second-order valence-corrected chi connectivity index (χ2v) is 16.5. The topological polar surface area (TPSA) is 222 Å². The number of nitrogens with one attached hydrogen (secondary N) is 2. The molecule has 1 aromatic heterocycles. The smallest absolute Gasteiger partial charge is 0.314 e. The maximum Gasteiger partial charge on any atom is 0.314 e. The van der Waals surface area contributed by atoms with Crippen LogP contribution in [0.5, 0.6) is 11.5 Å². The van der Waals surface area contributed by atoms with Crippen molar-refractivity contribution in [3.8, 4) is 22.6 Å². The number of hydrogen-bond acceptors (Lipinski definition) is 13. The van der Waals surface area contributed by atoms with Crippen molar-refractivity contribution in [2.75, 3.05) is 89.6 Å². The number of anilines is 2. The van der Waals surface area contributed by atoms with E-state index in [0.29, 0.717) is 91.2 Å². The third-order valence-electron chi connectivity index (χ3n) is 11.9. The molecular formula is C46H49ClFN9O9. The normalized spacial score (nSPS) is 16.2. The number of aromatic hydroxyl groups is 1. The van der Waals surface area contributed by atoms with E-state index in [1.54, 1.807) is 42.3 Å². The molecule has 66 heavy (non-hydrogen) atoms. The minimum atomic E-state index is -0.706. The zero-order chi connectivity index (χ0) is 46.5. The lowest BCUT2D eigenvalue weighted by Crippen LogP contribution is -2.52. The van der Waals surface area contributed by atoms with Crippen LogP contribution in [0.4, 0.5) is 21.0 Å². The maximum atomic E-state index is 16.9. The van der Waals surface area contributed by atoms with Gasteiger partial charge in [0.1, 0.15) is 35.5 Å². The summed E-state index contributed by atoms with van der Waals surface area (Å²) in [6, 6.07) is 15.9. The number of hydrogen-bond donors (Lipinski definition) is 4. The van der Waals surface area contributed by atoms with Crippen molar-refractivity contribution in [3.05, 3.63) is 82.6 Å². The molecule has 20 heteroatoms. The van der Waals surface area contributed by atoms with Gasteiger partial charge < -0.3 is 50.0 Å². The Kier molecular flexibility index (Phi) is 14.0. The summed E-state index contributed by atoms with van der Waals surface area (Å²) in [5.41, 5.74) is 7.23. The number of urea groups is 1. The molecule has 0 radical (unpaired) electrons. The number of rotatable bonds is 17. The fraction of sp³-hybridized carbons (Fsp3) is 0.370. The Morgan fingerprint density at radius 3 is 2.48 bits per heavy atom. The van der Waals surface area contributed by atoms with Crippen molar-refractivity contribution in [3.63, 3.8) is 0 Å². The van der Waals surface area contributed by atoms with Crippen LogP contribution in [0.3, 0.4) is 0 Å². The lowest BCUT2D eigenvalue weighted by atomic mass is 9.96. The monoisotopic (exact) mass is 925 g/mol. The molecule has 0 saturated carbocycles. The van der Waals surface area contributed by atoms with Gasteiger partial charge in [-0.3, -0.25) is 24.5 Å². The molecule has 2 saturated heterocycles. The molecule has 18 nitrogen and oxygen atoms in total. The number of fused-ring (bicyclic) bond motifs is 3. The number of amides is 6. The van der Waals surface area contributed by atoms with Crippen LogP contribution in [-0.2, 0) is 30.4 Å². The molecule has 346 valence electrons.